The number of nitriles is 1. The normalized spacial score (nSPS) is 16.0. The number of nitrogens with two attached hydrogens (primary N) is 1. The molecule has 30 heavy (non-hydrogen) atoms. The summed E-state index contributed by atoms with van der Waals surface area (Å²) in [5.41, 5.74) is 8.06. The lowest BCUT2D eigenvalue weighted by atomic mass is 9.82. The third-order valence-electron chi connectivity index (χ3n) is 4.79. The van der Waals surface area contributed by atoms with Crippen LogP contribution in [0.25, 0.3) is 11.1 Å². The number of methoxy groups -OCH3 is 1. The average molecular weight is 408 g/mol. The summed E-state index contributed by atoms with van der Waals surface area (Å²) in [6.45, 7) is 3.46. The van der Waals surface area contributed by atoms with Gasteiger partial charge in [-0.15, -0.1) is 0 Å². The van der Waals surface area contributed by atoms with Crippen molar-refractivity contribution < 1.29 is 23.4 Å². The van der Waals surface area contributed by atoms with Crippen LogP contribution >= 0.6 is 0 Å². The molecule has 0 fully saturated rings. The zero-order chi connectivity index (χ0) is 21.8. The van der Waals surface area contributed by atoms with Crippen molar-refractivity contribution in [2.24, 2.45) is 5.73 Å². The first-order chi connectivity index (χ1) is 14.4. The fraction of sp³-hybridized carbons (Fsp3) is 0.217. The summed E-state index contributed by atoms with van der Waals surface area (Å²) >= 11 is 0. The van der Waals surface area contributed by atoms with Crippen LogP contribution in [0.15, 0.2) is 65.3 Å². The molecule has 2 aromatic carbocycles. The van der Waals surface area contributed by atoms with Crippen molar-refractivity contribution in [3.63, 3.8) is 0 Å². The summed E-state index contributed by atoms with van der Waals surface area (Å²) in [5, 5.41) is 9.70. The molecule has 0 saturated heterocycles. The van der Waals surface area contributed by atoms with Gasteiger partial charge in [0.25, 0.3) is 0 Å². The zero-order valence-corrected chi connectivity index (χ0v) is 16.9. The Morgan fingerprint density at radius 1 is 1.30 bits per heavy atom. The first kappa shape index (κ1) is 20.9. The van der Waals surface area contributed by atoms with Gasteiger partial charge in [0.2, 0.25) is 5.88 Å². The summed E-state index contributed by atoms with van der Waals surface area (Å²) in [4.78, 5) is 12.7. The lowest BCUT2D eigenvalue weighted by Gasteiger charge is -2.27. The number of ether oxygens (including phenoxy) is 3. The van der Waals surface area contributed by atoms with E-state index in [1.807, 2.05) is 6.07 Å². The van der Waals surface area contributed by atoms with Crippen LogP contribution in [0.5, 0.6) is 5.75 Å². The van der Waals surface area contributed by atoms with Crippen molar-refractivity contribution in [2.45, 2.75) is 19.8 Å². The molecule has 0 aromatic heterocycles. The first-order valence-corrected chi connectivity index (χ1v) is 9.30. The van der Waals surface area contributed by atoms with Gasteiger partial charge in [-0.2, -0.15) is 5.26 Å². The standard InChI is InChI=1S/C23H21FN2O4/c1-4-29-23(27)20-13(2)30-22(26)18(12-25)21(20)15-7-5-6-14(10-15)17-11-16(24)8-9-19(17)28-3/h5-11,21H,4,26H2,1-3H3. The first-order valence-electron chi connectivity index (χ1n) is 9.30. The zero-order valence-electron chi connectivity index (χ0n) is 16.9. The second kappa shape index (κ2) is 8.70. The smallest absolute Gasteiger partial charge is 0.338 e. The highest BCUT2D eigenvalue weighted by Crippen LogP contribution is 2.41. The van der Waals surface area contributed by atoms with Gasteiger partial charge in [-0.3, -0.25) is 0 Å². The predicted octanol–water partition coefficient (Wildman–Crippen LogP) is 4.15. The topological polar surface area (TPSA) is 94.6 Å². The van der Waals surface area contributed by atoms with Crippen LogP contribution in [0.1, 0.15) is 25.3 Å². The van der Waals surface area contributed by atoms with Gasteiger partial charge in [-0.1, -0.05) is 24.3 Å². The Labute approximate surface area is 174 Å². The molecule has 154 valence electrons. The van der Waals surface area contributed by atoms with Crippen molar-refractivity contribution in [1.29, 1.82) is 5.26 Å². The van der Waals surface area contributed by atoms with Crippen molar-refractivity contribution in [1.82, 2.24) is 0 Å². The van der Waals surface area contributed by atoms with Crippen molar-refractivity contribution in [3.8, 4) is 22.9 Å². The minimum absolute atomic E-state index is 0.0678. The number of benzene rings is 2. The Hall–Kier alpha value is -3.79. The summed E-state index contributed by atoms with van der Waals surface area (Å²) in [7, 11) is 1.50. The Balaban J connectivity index is 2.18. The van der Waals surface area contributed by atoms with Crippen LogP contribution in [0.3, 0.4) is 0 Å². The molecule has 0 aliphatic carbocycles. The van der Waals surface area contributed by atoms with Crippen molar-refractivity contribution in [3.05, 3.63) is 76.6 Å². The minimum atomic E-state index is -0.776. The fourth-order valence-corrected chi connectivity index (χ4v) is 3.48. The van der Waals surface area contributed by atoms with E-state index >= 15 is 0 Å². The van der Waals surface area contributed by atoms with E-state index in [9.17, 15) is 14.4 Å². The summed E-state index contributed by atoms with van der Waals surface area (Å²) in [5.74, 6) is -1.08. The van der Waals surface area contributed by atoms with E-state index in [1.165, 1.54) is 19.2 Å². The number of hydrogen-bond donors (Lipinski definition) is 1. The molecule has 0 saturated carbocycles. The van der Waals surface area contributed by atoms with Crippen molar-refractivity contribution in [2.75, 3.05) is 13.7 Å². The number of carbonyl (C=O) groups excluding carboxylic acids is 1. The summed E-state index contributed by atoms with van der Waals surface area (Å²) < 4.78 is 29.9. The van der Waals surface area contributed by atoms with Crippen LogP contribution < -0.4 is 10.5 Å². The third kappa shape index (κ3) is 3.85. The van der Waals surface area contributed by atoms with E-state index in [0.29, 0.717) is 22.4 Å². The summed E-state index contributed by atoms with van der Waals surface area (Å²) in [6, 6.07) is 13.3. The number of halogens is 1. The van der Waals surface area contributed by atoms with Gasteiger partial charge in [0.1, 0.15) is 29.0 Å². The molecule has 1 aliphatic heterocycles. The lowest BCUT2D eigenvalue weighted by molar-refractivity contribution is -0.139. The fourth-order valence-electron chi connectivity index (χ4n) is 3.48. The Morgan fingerprint density at radius 3 is 2.73 bits per heavy atom. The molecule has 1 atom stereocenters. The summed E-state index contributed by atoms with van der Waals surface area (Å²) in [6.07, 6.45) is 0. The quantitative estimate of drug-likeness (QED) is 0.747. The Kier molecular flexibility index (Phi) is 6.07. The van der Waals surface area contributed by atoms with E-state index in [2.05, 4.69) is 0 Å². The molecule has 7 heteroatoms. The number of carbonyl (C=O) groups is 1. The molecule has 3 rings (SSSR count). The average Bonchev–Trinajstić information content (AvgIpc) is 2.73. The van der Waals surface area contributed by atoms with Crippen LogP contribution in [-0.2, 0) is 14.3 Å². The highest BCUT2D eigenvalue weighted by Gasteiger charge is 2.36. The lowest BCUT2D eigenvalue weighted by Crippen LogP contribution is -2.25. The van der Waals surface area contributed by atoms with Crippen LogP contribution in [0.2, 0.25) is 0 Å². The predicted molar refractivity (Wildman–Crippen MR) is 108 cm³/mol. The highest BCUT2D eigenvalue weighted by atomic mass is 19.1. The van der Waals surface area contributed by atoms with E-state index in [1.54, 1.807) is 44.2 Å². The second-order valence-corrected chi connectivity index (χ2v) is 6.59. The van der Waals surface area contributed by atoms with Gasteiger partial charge in [-0.25, -0.2) is 9.18 Å². The molecule has 1 heterocycles. The second-order valence-electron chi connectivity index (χ2n) is 6.59. The van der Waals surface area contributed by atoms with Gasteiger partial charge in [0.05, 0.1) is 25.2 Å². The van der Waals surface area contributed by atoms with E-state index < -0.39 is 17.7 Å². The van der Waals surface area contributed by atoms with E-state index in [-0.39, 0.29) is 29.4 Å². The number of nitrogens with zero attached hydrogens (tertiary/aromatic N) is 1. The molecule has 0 spiro atoms. The number of allylic oxidation sites excluding steroid dienone is 2. The van der Waals surface area contributed by atoms with E-state index in [0.717, 1.165) is 0 Å². The van der Waals surface area contributed by atoms with Crippen molar-refractivity contribution >= 4 is 5.97 Å². The van der Waals surface area contributed by atoms with Crippen LogP contribution in [0, 0.1) is 17.1 Å². The van der Waals surface area contributed by atoms with Gasteiger partial charge in [0, 0.05) is 5.56 Å². The molecule has 0 bridgehead atoms. The number of hydrogen-bond acceptors (Lipinski definition) is 6. The third-order valence-corrected chi connectivity index (χ3v) is 4.79. The highest BCUT2D eigenvalue weighted by molar-refractivity contribution is 5.92. The molecule has 0 radical (unpaired) electrons. The molecular weight excluding hydrogens is 387 g/mol. The van der Waals surface area contributed by atoms with Gasteiger partial charge in [-0.05, 0) is 43.2 Å². The maximum Gasteiger partial charge on any atom is 0.338 e. The maximum atomic E-state index is 13.9. The molecule has 2 aromatic rings. The molecule has 1 unspecified atom stereocenters. The van der Waals surface area contributed by atoms with Gasteiger partial charge >= 0.3 is 5.97 Å². The Bertz CT molecular complexity index is 1100. The maximum absolute atomic E-state index is 13.9. The Morgan fingerprint density at radius 2 is 2.07 bits per heavy atom. The molecule has 2 N–H and O–H groups in total. The largest absolute Gasteiger partial charge is 0.496 e. The van der Waals surface area contributed by atoms with Gasteiger partial charge < -0.3 is 19.9 Å². The molecular formula is C23H21FN2O4. The van der Waals surface area contributed by atoms with Crippen LogP contribution in [0.4, 0.5) is 4.39 Å². The van der Waals surface area contributed by atoms with Crippen LogP contribution in [-0.4, -0.2) is 19.7 Å². The monoisotopic (exact) mass is 408 g/mol. The molecule has 1 aliphatic rings. The number of esters is 1. The minimum Gasteiger partial charge on any atom is -0.496 e. The van der Waals surface area contributed by atoms with E-state index in [4.69, 9.17) is 19.9 Å². The molecule has 0 amide bonds. The molecule has 6 nitrogen and oxygen atoms in total. The number of rotatable bonds is 5. The van der Waals surface area contributed by atoms with Gasteiger partial charge in [0.15, 0.2) is 0 Å². The SMILES string of the molecule is CCOC(=O)C1=C(C)OC(N)=C(C#N)C1c1cccc(-c2cc(F)ccc2OC)c1.